The van der Waals surface area contributed by atoms with Gasteiger partial charge >= 0.3 is 6.03 Å². The van der Waals surface area contributed by atoms with Gasteiger partial charge in [-0.15, -0.1) is 0 Å². The minimum absolute atomic E-state index is 0.528. The summed E-state index contributed by atoms with van der Waals surface area (Å²) in [6, 6.07) is 8.06. The Morgan fingerprint density at radius 3 is 2.36 bits per heavy atom. The fourth-order valence-electron chi connectivity index (χ4n) is 0.992. The van der Waals surface area contributed by atoms with Crippen LogP contribution in [0.1, 0.15) is 0 Å². The van der Waals surface area contributed by atoms with Crippen molar-refractivity contribution >= 4 is 18.1 Å². The zero-order valence-corrected chi connectivity index (χ0v) is 7.75. The van der Waals surface area contributed by atoms with Crippen molar-refractivity contribution in [2.24, 2.45) is 5.73 Å². The summed E-state index contributed by atoms with van der Waals surface area (Å²) in [5.41, 5.74) is 5.62. The maximum atomic E-state index is 10.8. The van der Waals surface area contributed by atoms with Gasteiger partial charge in [-0.2, -0.15) is 0 Å². The molecular formula is C9H11N3O2. The number of hydrazine groups is 1. The van der Waals surface area contributed by atoms with E-state index in [-0.39, 0.29) is 0 Å². The number of primary amides is 1. The van der Waals surface area contributed by atoms with Gasteiger partial charge < -0.3 is 5.73 Å². The first-order valence-electron chi connectivity index (χ1n) is 3.99. The van der Waals surface area contributed by atoms with E-state index < -0.39 is 6.03 Å². The average Bonchev–Trinajstić information content (AvgIpc) is 2.20. The zero-order chi connectivity index (χ0) is 10.6. The number of carbonyl (C=O) groups excluding carboxylic acids is 2. The first-order valence-corrected chi connectivity index (χ1v) is 3.99. The Bertz CT molecular complexity index is 326. The first kappa shape index (κ1) is 10.0. The first-order chi connectivity index (χ1) is 6.66. The summed E-state index contributed by atoms with van der Waals surface area (Å²) in [6.07, 6.45) is 0.528. The summed E-state index contributed by atoms with van der Waals surface area (Å²) in [6.45, 7) is 0. The number of hydrogen-bond acceptors (Lipinski definition) is 2. The van der Waals surface area contributed by atoms with Crippen LogP contribution in [-0.2, 0) is 4.79 Å². The van der Waals surface area contributed by atoms with Gasteiger partial charge in [0, 0.05) is 7.05 Å². The fraction of sp³-hybridized carbons (Fsp3) is 0.111. The molecular weight excluding hydrogens is 182 g/mol. The molecule has 5 heteroatoms. The highest BCUT2D eigenvalue weighted by Crippen LogP contribution is 2.12. The van der Waals surface area contributed by atoms with Crippen LogP contribution in [0, 0.1) is 0 Å². The number of anilines is 1. The van der Waals surface area contributed by atoms with Gasteiger partial charge in [0.25, 0.3) is 0 Å². The maximum absolute atomic E-state index is 10.8. The van der Waals surface area contributed by atoms with Gasteiger partial charge in [-0.05, 0) is 12.1 Å². The molecule has 0 unspecified atom stereocenters. The number of amides is 3. The van der Waals surface area contributed by atoms with Crippen LogP contribution in [0.3, 0.4) is 0 Å². The Labute approximate surface area is 81.7 Å². The van der Waals surface area contributed by atoms with Crippen LogP contribution < -0.4 is 10.7 Å². The van der Waals surface area contributed by atoms with Crippen LogP contribution in [0.15, 0.2) is 30.3 Å². The van der Waals surface area contributed by atoms with Crippen LogP contribution in [0.25, 0.3) is 0 Å². The van der Waals surface area contributed by atoms with Gasteiger partial charge in [-0.3, -0.25) is 4.79 Å². The lowest BCUT2D eigenvalue weighted by Gasteiger charge is -2.26. The van der Waals surface area contributed by atoms with Gasteiger partial charge in [-0.25, -0.2) is 14.8 Å². The molecule has 0 heterocycles. The van der Waals surface area contributed by atoms with Crippen LogP contribution in [0.4, 0.5) is 10.5 Å². The van der Waals surface area contributed by atoms with Crippen LogP contribution in [0.5, 0.6) is 0 Å². The number of nitrogens with zero attached hydrogens (tertiary/aromatic N) is 2. The second kappa shape index (κ2) is 4.27. The highest BCUT2D eigenvalue weighted by Gasteiger charge is 2.13. The Morgan fingerprint density at radius 1 is 1.36 bits per heavy atom. The molecule has 0 aromatic heterocycles. The van der Waals surface area contributed by atoms with Crippen molar-refractivity contribution < 1.29 is 9.59 Å². The highest BCUT2D eigenvalue weighted by atomic mass is 16.2. The van der Waals surface area contributed by atoms with Crippen LogP contribution in [-0.4, -0.2) is 24.5 Å². The molecule has 0 radical (unpaired) electrons. The molecule has 2 N–H and O–H groups in total. The van der Waals surface area contributed by atoms with Crippen molar-refractivity contribution in [1.29, 1.82) is 0 Å². The smallest absolute Gasteiger partial charge is 0.333 e. The Balaban J connectivity index is 2.93. The van der Waals surface area contributed by atoms with E-state index in [1.165, 1.54) is 7.05 Å². The van der Waals surface area contributed by atoms with E-state index in [2.05, 4.69) is 0 Å². The molecule has 5 nitrogen and oxygen atoms in total. The van der Waals surface area contributed by atoms with Gasteiger partial charge in [-0.1, -0.05) is 18.2 Å². The Hall–Kier alpha value is -2.04. The summed E-state index contributed by atoms with van der Waals surface area (Å²) in [5.74, 6) is 0. The van der Waals surface area contributed by atoms with E-state index in [4.69, 9.17) is 5.73 Å². The van der Waals surface area contributed by atoms with Crippen LogP contribution >= 0.6 is 0 Å². The third-order valence-corrected chi connectivity index (χ3v) is 1.76. The molecule has 0 saturated heterocycles. The molecule has 0 aliphatic heterocycles. The molecule has 3 amide bonds. The van der Waals surface area contributed by atoms with Gasteiger partial charge in [0.2, 0.25) is 6.41 Å². The van der Waals surface area contributed by atoms with Gasteiger partial charge in [0.05, 0.1) is 5.69 Å². The van der Waals surface area contributed by atoms with E-state index in [0.717, 1.165) is 10.0 Å². The normalized spacial score (nSPS) is 9.21. The van der Waals surface area contributed by atoms with Crippen molar-refractivity contribution in [1.82, 2.24) is 5.01 Å². The van der Waals surface area contributed by atoms with Crippen molar-refractivity contribution in [3.63, 3.8) is 0 Å². The van der Waals surface area contributed by atoms with E-state index in [9.17, 15) is 9.59 Å². The van der Waals surface area contributed by atoms with E-state index in [0.29, 0.717) is 12.1 Å². The lowest BCUT2D eigenvalue weighted by atomic mass is 10.3. The molecule has 0 bridgehead atoms. The predicted octanol–water partition coefficient (Wildman–Crippen LogP) is 0.575. The van der Waals surface area contributed by atoms with Gasteiger partial charge in [0.1, 0.15) is 0 Å². The SMILES string of the molecule is CN(C(N)=O)N(C=O)c1ccccc1. The van der Waals surface area contributed by atoms with E-state index in [1.54, 1.807) is 24.3 Å². The number of para-hydroxylation sites is 1. The molecule has 0 saturated carbocycles. The van der Waals surface area contributed by atoms with Crippen molar-refractivity contribution in [2.75, 3.05) is 12.1 Å². The Kier molecular flexibility index (Phi) is 3.06. The standard InChI is InChI=1S/C9H11N3O2/c1-11(9(10)14)12(7-13)8-5-3-2-4-6-8/h2-7H,1H3,(H2,10,14). The van der Waals surface area contributed by atoms with Crippen LogP contribution in [0.2, 0.25) is 0 Å². The molecule has 14 heavy (non-hydrogen) atoms. The summed E-state index contributed by atoms with van der Waals surface area (Å²) >= 11 is 0. The minimum Gasteiger partial charge on any atom is -0.350 e. The lowest BCUT2D eigenvalue weighted by Crippen LogP contribution is -2.46. The molecule has 0 aliphatic carbocycles. The number of nitrogens with two attached hydrogens (primary N) is 1. The van der Waals surface area contributed by atoms with Crippen molar-refractivity contribution in [3.8, 4) is 0 Å². The fourth-order valence-corrected chi connectivity index (χ4v) is 0.992. The summed E-state index contributed by atoms with van der Waals surface area (Å²) < 4.78 is 0. The maximum Gasteiger partial charge on any atom is 0.333 e. The molecule has 1 aromatic rings. The lowest BCUT2D eigenvalue weighted by molar-refractivity contribution is -0.109. The predicted molar refractivity (Wildman–Crippen MR) is 52.3 cm³/mol. The average molecular weight is 193 g/mol. The minimum atomic E-state index is -0.694. The number of rotatable bonds is 3. The monoisotopic (exact) mass is 193 g/mol. The number of hydrogen-bond donors (Lipinski definition) is 1. The molecule has 1 rings (SSSR count). The molecule has 1 aromatic carbocycles. The second-order valence-corrected chi connectivity index (χ2v) is 2.65. The Morgan fingerprint density at radius 2 is 1.93 bits per heavy atom. The molecule has 0 spiro atoms. The summed E-state index contributed by atoms with van der Waals surface area (Å²) in [4.78, 5) is 21.5. The molecule has 0 fully saturated rings. The van der Waals surface area contributed by atoms with Crippen molar-refractivity contribution in [2.45, 2.75) is 0 Å². The third-order valence-electron chi connectivity index (χ3n) is 1.76. The third kappa shape index (κ3) is 2.01. The number of benzene rings is 1. The van der Waals surface area contributed by atoms with Gasteiger partial charge in [0.15, 0.2) is 0 Å². The number of urea groups is 1. The largest absolute Gasteiger partial charge is 0.350 e. The zero-order valence-electron chi connectivity index (χ0n) is 7.75. The summed E-state index contributed by atoms with van der Waals surface area (Å²) in [5, 5.41) is 2.16. The molecule has 0 aliphatic rings. The van der Waals surface area contributed by atoms with Crippen molar-refractivity contribution in [3.05, 3.63) is 30.3 Å². The highest BCUT2D eigenvalue weighted by molar-refractivity contribution is 5.82. The summed E-state index contributed by atoms with van der Waals surface area (Å²) in [7, 11) is 1.42. The molecule has 0 atom stereocenters. The number of carbonyl (C=O) groups is 2. The van der Waals surface area contributed by atoms with E-state index >= 15 is 0 Å². The van der Waals surface area contributed by atoms with E-state index in [1.807, 2.05) is 6.07 Å². The molecule has 74 valence electrons. The second-order valence-electron chi connectivity index (χ2n) is 2.65. The quantitative estimate of drug-likeness (QED) is 0.563. The topological polar surface area (TPSA) is 66.6 Å².